The highest BCUT2D eigenvalue weighted by Gasteiger charge is 2.09. The van der Waals surface area contributed by atoms with Crippen LogP contribution in [0.3, 0.4) is 0 Å². The first-order chi connectivity index (χ1) is 8.19. The SMILES string of the molecule is CCC(Br)c1cn(Cc2cccc(O)c2)nn1. The maximum Gasteiger partial charge on any atom is 0.115 e. The highest BCUT2D eigenvalue weighted by molar-refractivity contribution is 9.09. The van der Waals surface area contributed by atoms with Crippen LogP contribution in [0.1, 0.15) is 29.4 Å². The molecule has 0 amide bonds. The van der Waals surface area contributed by atoms with Crippen molar-refractivity contribution in [3.05, 3.63) is 41.7 Å². The predicted octanol–water partition coefficient (Wildman–Crippen LogP) is 2.88. The smallest absolute Gasteiger partial charge is 0.115 e. The molecule has 1 aromatic heterocycles. The van der Waals surface area contributed by atoms with Crippen LogP contribution in [-0.4, -0.2) is 20.1 Å². The van der Waals surface area contributed by atoms with E-state index in [1.165, 1.54) is 0 Å². The Morgan fingerprint density at radius 3 is 3.00 bits per heavy atom. The normalized spacial score (nSPS) is 12.6. The summed E-state index contributed by atoms with van der Waals surface area (Å²) in [7, 11) is 0. The highest BCUT2D eigenvalue weighted by atomic mass is 79.9. The zero-order valence-corrected chi connectivity index (χ0v) is 11.1. The molecule has 2 aromatic rings. The highest BCUT2D eigenvalue weighted by Crippen LogP contribution is 2.23. The van der Waals surface area contributed by atoms with Gasteiger partial charge in [0.1, 0.15) is 5.75 Å². The molecule has 1 N–H and O–H groups in total. The molecule has 4 nitrogen and oxygen atoms in total. The number of alkyl halides is 1. The van der Waals surface area contributed by atoms with E-state index in [9.17, 15) is 5.11 Å². The van der Waals surface area contributed by atoms with Crippen LogP contribution >= 0.6 is 15.9 Å². The summed E-state index contributed by atoms with van der Waals surface area (Å²) in [6.07, 6.45) is 2.90. The van der Waals surface area contributed by atoms with Crippen molar-refractivity contribution in [1.82, 2.24) is 15.0 Å². The number of benzene rings is 1. The lowest BCUT2D eigenvalue weighted by molar-refractivity contribution is 0.474. The molecule has 1 unspecified atom stereocenters. The van der Waals surface area contributed by atoms with E-state index in [0.717, 1.165) is 17.7 Å². The molecular weight excluding hydrogens is 282 g/mol. The van der Waals surface area contributed by atoms with Crippen LogP contribution in [0, 0.1) is 0 Å². The molecule has 17 heavy (non-hydrogen) atoms. The number of hydrogen-bond donors (Lipinski definition) is 1. The van der Waals surface area contributed by atoms with Crippen molar-refractivity contribution in [2.24, 2.45) is 0 Å². The second-order valence-electron chi connectivity index (χ2n) is 3.89. The van der Waals surface area contributed by atoms with Gasteiger partial charge in [-0.1, -0.05) is 40.2 Å². The largest absolute Gasteiger partial charge is 0.508 e. The van der Waals surface area contributed by atoms with E-state index in [1.54, 1.807) is 16.8 Å². The zero-order chi connectivity index (χ0) is 12.3. The minimum Gasteiger partial charge on any atom is -0.508 e. The first-order valence-electron chi connectivity index (χ1n) is 5.51. The molecule has 5 heteroatoms. The molecule has 1 atom stereocenters. The lowest BCUT2D eigenvalue weighted by Crippen LogP contribution is -2.00. The van der Waals surface area contributed by atoms with E-state index >= 15 is 0 Å². The number of aromatic hydroxyl groups is 1. The van der Waals surface area contributed by atoms with Gasteiger partial charge in [0, 0.05) is 6.20 Å². The van der Waals surface area contributed by atoms with Crippen molar-refractivity contribution < 1.29 is 5.11 Å². The standard InChI is InChI=1S/C12H14BrN3O/c1-2-11(13)12-8-16(15-14-12)7-9-4-3-5-10(17)6-9/h3-6,8,11,17H,2,7H2,1H3. The zero-order valence-electron chi connectivity index (χ0n) is 9.55. The second kappa shape index (κ2) is 5.31. The number of aromatic nitrogens is 3. The first-order valence-corrected chi connectivity index (χ1v) is 6.42. The third kappa shape index (κ3) is 3.06. The molecule has 0 aliphatic carbocycles. The number of halogens is 1. The number of phenols is 1. The average Bonchev–Trinajstić information content (AvgIpc) is 2.76. The summed E-state index contributed by atoms with van der Waals surface area (Å²) in [5.74, 6) is 0.273. The van der Waals surface area contributed by atoms with Gasteiger partial charge in [-0.25, -0.2) is 4.68 Å². The Morgan fingerprint density at radius 2 is 2.29 bits per heavy atom. The third-order valence-electron chi connectivity index (χ3n) is 2.49. The fraction of sp³-hybridized carbons (Fsp3) is 0.333. The van der Waals surface area contributed by atoms with Gasteiger partial charge in [-0.3, -0.25) is 0 Å². The molecular formula is C12H14BrN3O. The summed E-state index contributed by atoms with van der Waals surface area (Å²) in [6.45, 7) is 2.71. The van der Waals surface area contributed by atoms with Crippen LogP contribution < -0.4 is 0 Å². The van der Waals surface area contributed by atoms with Crippen LogP contribution in [0.5, 0.6) is 5.75 Å². The summed E-state index contributed by atoms with van der Waals surface area (Å²) in [5, 5.41) is 17.5. The molecule has 0 aliphatic heterocycles. The average molecular weight is 296 g/mol. The van der Waals surface area contributed by atoms with Crippen molar-refractivity contribution in [1.29, 1.82) is 0 Å². The van der Waals surface area contributed by atoms with Gasteiger partial charge in [0.05, 0.1) is 17.1 Å². The van der Waals surface area contributed by atoms with E-state index in [2.05, 4.69) is 33.2 Å². The van der Waals surface area contributed by atoms with Crippen LogP contribution in [0.4, 0.5) is 0 Å². The molecule has 0 saturated heterocycles. The Labute approximate surface area is 108 Å². The van der Waals surface area contributed by atoms with Gasteiger partial charge in [0.15, 0.2) is 0 Å². The maximum atomic E-state index is 9.37. The Morgan fingerprint density at radius 1 is 1.47 bits per heavy atom. The van der Waals surface area contributed by atoms with Crippen molar-refractivity contribution in [2.75, 3.05) is 0 Å². The lowest BCUT2D eigenvalue weighted by Gasteiger charge is -2.02. The fourth-order valence-corrected chi connectivity index (χ4v) is 1.79. The number of rotatable bonds is 4. The molecule has 90 valence electrons. The van der Waals surface area contributed by atoms with Crippen LogP contribution in [0.15, 0.2) is 30.5 Å². The van der Waals surface area contributed by atoms with Gasteiger partial charge >= 0.3 is 0 Å². The Kier molecular flexibility index (Phi) is 3.78. The van der Waals surface area contributed by atoms with Gasteiger partial charge in [-0.05, 0) is 24.1 Å². The topological polar surface area (TPSA) is 50.9 Å². The predicted molar refractivity (Wildman–Crippen MR) is 69.2 cm³/mol. The molecule has 0 bridgehead atoms. The van der Waals surface area contributed by atoms with E-state index in [0.29, 0.717) is 6.54 Å². The van der Waals surface area contributed by atoms with Gasteiger partial charge < -0.3 is 5.11 Å². The molecule has 0 spiro atoms. The summed E-state index contributed by atoms with van der Waals surface area (Å²) >= 11 is 3.54. The fourth-order valence-electron chi connectivity index (χ4n) is 1.59. The summed E-state index contributed by atoms with van der Waals surface area (Å²) < 4.78 is 1.77. The Bertz CT molecular complexity index is 498. The van der Waals surface area contributed by atoms with E-state index in [4.69, 9.17) is 0 Å². The summed E-state index contributed by atoms with van der Waals surface area (Å²) in [4.78, 5) is 0.250. The minimum absolute atomic E-state index is 0.250. The monoisotopic (exact) mass is 295 g/mol. The lowest BCUT2D eigenvalue weighted by atomic mass is 10.2. The maximum absolute atomic E-state index is 9.37. The van der Waals surface area contributed by atoms with Gasteiger partial charge in [-0.15, -0.1) is 5.10 Å². The van der Waals surface area contributed by atoms with E-state index in [1.807, 2.05) is 18.3 Å². The van der Waals surface area contributed by atoms with Crippen LogP contribution in [-0.2, 0) is 6.54 Å². The first kappa shape index (κ1) is 12.1. The number of hydrogen-bond acceptors (Lipinski definition) is 3. The number of phenolic OH excluding ortho intramolecular Hbond substituents is 1. The summed E-state index contributed by atoms with van der Waals surface area (Å²) in [6, 6.07) is 7.16. The molecule has 1 aromatic carbocycles. The molecule has 0 fully saturated rings. The van der Waals surface area contributed by atoms with Crippen molar-refractivity contribution in [3.8, 4) is 5.75 Å². The minimum atomic E-state index is 0.250. The summed E-state index contributed by atoms with van der Waals surface area (Å²) in [5.41, 5.74) is 1.94. The Hall–Kier alpha value is -1.36. The molecule has 1 heterocycles. The molecule has 2 rings (SSSR count). The molecule has 0 saturated carbocycles. The quantitative estimate of drug-likeness (QED) is 0.883. The number of nitrogens with zero attached hydrogens (tertiary/aromatic N) is 3. The van der Waals surface area contributed by atoms with Gasteiger partial charge in [-0.2, -0.15) is 0 Å². The van der Waals surface area contributed by atoms with E-state index < -0.39 is 0 Å². The molecule has 0 aliphatic rings. The van der Waals surface area contributed by atoms with Gasteiger partial charge in [0.2, 0.25) is 0 Å². The van der Waals surface area contributed by atoms with Crippen molar-refractivity contribution in [3.63, 3.8) is 0 Å². The Balaban J connectivity index is 2.11. The van der Waals surface area contributed by atoms with Crippen molar-refractivity contribution in [2.45, 2.75) is 24.7 Å². The third-order valence-corrected chi connectivity index (χ3v) is 3.61. The van der Waals surface area contributed by atoms with E-state index in [-0.39, 0.29) is 10.6 Å². The molecule has 0 radical (unpaired) electrons. The van der Waals surface area contributed by atoms with Crippen molar-refractivity contribution >= 4 is 15.9 Å². The van der Waals surface area contributed by atoms with Crippen LogP contribution in [0.25, 0.3) is 0 Å². The second-order valence-corrected chi connectivity index (χ2v) is 4.99. The van der Waals surface area contributed by atoms with Gasteiger partial charge in [0.25, 0.3) is 0 Å². The van der Waals surface area contributed by atoms with Crippen LogP contribution in [0.2, 0.25) is 0 Å².